The third-order valence-electron chi connectivity index (χ3n) is 2.71. The van der Waals surface area contributed by atoms with E-state index in [2.05, 4.69) is 10.3 Å². The molecule has 4 heteroatoms. The number of hydrogen-bond acceptors (Lipinski definition) is 4. The summed E-state index contributed by atoms with van der Waals surface area (Å²) in [6, 6.07) is 9.30. The van der Waals surface area contributed by atoms with Crippen molar-refractivity contribution in [3.05, 3.63) is 47.7 Å². The molecular weight excluding hydrogens is 228 g/mol. The van der Waals surface area contributed by atoms with Gasteiger partial charge in [-0.1, -0.05) is 12.1 Å². The number of hydrogen-bond donors (Lipinski definition) is 2. The normalized spacial score (nSPS) is 10.1. The summed E-state index contributed by atoms with van der Waals surface area (Å²) in [6.45, 7) is 2.52. The number of ether oxygens (including phenoxy) is 1. The van der Waals surface area contributed by atoms with Gasteiger partial charge in [-0.3, -0.25) is 0 Å². The molecule has 2 rings (SSSR count). The van der Waals surface area contributed by atoms with E-state index in [0.717, 1.165) is 16.8 Å². The first kappa shape index (κ1) is 12.2. The number of nitrogens with zero attached hydrogens (tertiary/aromatic N) is 1. The van der Waals surface area contributed by atoms with E-state index in [-0.39, 0.29) is 0 Å². The van der Waals surface area contributed by atoms with Crippen molar-refractivity contribution in [2.24, 2.45) is 0 Å². The minimum atomic E-state index is 0.299. The van der Waals surface area contributed by atoms with Gasteiger partial charge >= 0.3 is 0 Å². The van der Waals surface area contributed by atoms with Crippen LogP contribution < -0.4 is 10.1 Å². The molecule has 18 heavy (non-hydrogen) atoms. The van der Waals surface area contributed by atoms with E-state index in [1.165, 1.54) is 0 Å². The van der Waals surface area contributed by atoms with Crippen molar-refractivity contribution in [1.82, 2.24) is 4.98 Å². The van der Waals surface area contributed by atoms with Crippen LogP contribution in [-0.2, 0) is 6.54 Å². The van der Waals surface area contributed by atoms with Crippen molar-refractivity contribution in [2.75, 3.05) is 12.4 Å². The molecule has 1 heterocycles. The van der Waals surface area contributed by atoms with Gasteiger partial charge in [0.2, 0.25) is 5.88 Å². The summed E-state index contributed by atoms with van der Waals surface area (Å²) in [4.78, 5) is 4.13. The van der Waals surface area contributed by atoms with Crippen LogP contribution in [0.4, 0.5) is 5.69 Å². The van der Waals surface area contributed by atoms with Gasteiger partial charge in [-0.05, 0) is 24.1 Å². The molecule has 0 aliphatic carbocycles. The quantitative estimate of drug-likeness (QED) is 0.868. The Labute approximate surface area is 106 Å². The van der Waals surface area contributed by atoms with Gasteiger partial charge in [-0.25, -0.2) is 4.98 Å². The lowest BCUT2D eigenvalue weighted by molar-refractivity contribution is 0.397. The Morgan fingerprint density at radius 1 is 1.28 bits per heavy atom. The Morgan fingerprint density at radius 3 is 2.72 bits per heavy atom. The van der Waals surface area contributed by atoms with E-state index >= 15 is 0 Å². The van der Waals surface area contributed by atoms with Crippen molar-refractivity contribution in [3.8, 4) is 11.6 Å². The summed E-state index contributed by atoms with van der Waals surface area (Å²) in [5, 5.41) is 12.8. The summed E-state index contributed by atoms with van der Waals surface area (Å²) in [5.41, 5.74) is 2.80. The molecule has 94 valence electrons. The first-order valence-electron chi connectivity index (χ1n) is 5.71. The zero-order chi connectivity index (χ0) is 13.0. The smallest absolute Gasteiger partial charge is 0.212 e. The molecule has 0 aliphatic heterocycles. The molecule has 4 nitrogen and oxygen atoms in total. The van der Waals surface area contributed by atoms with Gasteiger partial charge in [-0.15, -0.1) is 0 Å². The van der Waals surface area contributed by atoms with Gasteiger partial charge in [0.1, 0.15) is 5.75 Å². The second-order valence-electron chi connectivity index (χ2n) is 4.06. The Hall–Kier alpha value is -2.23. The number of anilines is 1. The second-order valence-corrected chi connectivity index (χ2v) is 4.06. The SMILES string of the molecule is COc1ccc(CNc2ccc(C)c(O)c2)cn1. The zero-order valence-corrected chi connectivity index (χ0v) is 10.5. The van der Waals surface area contributed by atoms with Crippen molar-refractivity contribution < 1.29 is 9.84 Å². The zero-order valence-electron chi connectivity index (χ0n) is 10.5. The number of methoxy groups -OCH3 is 1. The topological polar surface area (TPSA) is 54.4 Å². The molecule has 2 N–H and O–H groups in total. The van der Waals surface area contributed by atoms with Crippen LogP contribution in [0.2, 0.25) is 0 Å². The van der Waals surface area contributed by atoms with Crippen LogP contribution in [-0.4, -0.2) is 17.2 Å². The van der Waals surface area contributed by atoms with Crippen LogP contribution >= 0.6 is 0 Å². The molecule has 1 aromatic carbocycles. The first-order valence-corrected chi connectivity index (χ1v) is 5.71. The van der Waals surface area contributed by atoms with Crippen LogP contribution in [0.15, 0.2) is 36.5 Å². The summed E-state index contributed by atoms with van der Waals surface area (Å²) < 4.78 is 5.00. The molecule has 1 aromatic heterocycles. The van der Waals surface area contributed by atoms with E-state index < -0.39 is 0 Å². The Morgan fingerprint density at radius 2 is 2.11 bits per heavy atom. The Bertz CT molecular complexity index is 524. The monoisotopic (exact) mass is 244 g/mol. The van der Waals surface area contributed by atoms with E-state index in [1.807, 2.05) is 31.2 Å². The van der Waals surface area contributed by atoms with Crippen LogP contribution in [0.1, 0.15) is 11.1 Å². The number of aromatic nitrogens is 1. The number of benzene rings is 1. The van der Waals surface area contributed by atoms with Gasteiger partial charge in [-0.2, -0.15) is 0 Å². The van der Waals surface area contributed by atoms with Gasteiger partial charge in [0.15, 0.2) is 0 Å². The van der Waals surface area contributed by atoms with Crippen LogP contribution in [0.5, 0.6) is 11.6 Å². The fraction of sp³-hybridized carbons (Fsp3) is 0.214. The number of aryl methyl sites for hydroxylation is 1. The van der Waals surface area contributed by atoms with Gasteiger partial charge in [0.25, 0.3) is 0 Å². The highest BCUT2D eigenvalue weighted by molar-refractivity contribution is 5.51. The van der Waals surface area contributed by atoms with E-state index in [0.29, 0.717) is 18.2 Å². The lowest BCUT2D eigenvalue weighted by atomic mass is 10.2. The van der Waals surface area contributed by atoms with E-state index in [9.17, 15) is 5.11 Å². The van der Waals surface area contributed by atoms with Gasteiger partial charge < -0.3 is 15.2 Å². The molecule has 0 radical (unpaired) electrons. The standard InChI is InChI=1S/C14H16N2O2/c1-10-3-5-12(7-13(10)17)15-8-11-4-6-14(18-2)16-9-11/h3-7,9,15,17H,8H2,1-2H3. The predicted molar refractivity (Wildman–Crippen MR) is 71.0 cm³/mol. The van der Waals surface area contributed by atoms with Crippen LogP contribution in [0.3, 0.4) is 0 Å². The first-order chi connectivity index (χ1) is 8.69. The molecular formula is C14H16N2O2. The van der Waals surface area contributed by atoms with E-state index in [4.69, 9.17) is 4.74 Å². The average Bonchev–Trinajstić information content (AvgIpc) is 2.41. The number of phenols is 1. The Balaban J connectivity index is 1.99. The number of aromatic hydroxyl groups is 1. The molecule has 0 fully saturated rings. The third kappa shape index (κ3) is 2.91. The lowest BCUT2D eigenvalue weighted by Crippen LogP contribution is -2.00. The highest BCUT2D eigenvalue weighted by atomic mass is 16.5. The lowest BCUT2D eigenvalue weighted by Gasteiger charge is -2.08. The fourth-order valence-corrected chi connectivity index (χ4v) is 1.56. The molecule has 0 unspecified atom stereocenters. The highest BCUT2D eigenvalue weighted by Crippen LogP contribution is 2.21. The maximum Gasteiger partial charge on any atom is 0.212 e. The average molecular weight is 244 g/mol. The fourth-order valence-electron chi connectivity index (χ4n) is 1.56. The maximum atomic E-state index is 9.60. The Kier molecular flexibility index (Phi) is 3.67. The highest BCUT2D eigenvalue weighted by Gasteiger charge is 1.99. The molecule has 0 atom stereocenters. The number of nitrogens with one attached hydrogen (secondary N) is 1. The molecule has 0 bridgehead atoms. The molecule has 2 aromatic rings. The van der Waals surface area contributed by atoms with Gasteiger partial charge in [0, 0.05) is 30.6 Å². The van der Waals surface area contributed by atoms with E-state index in [1.54, 1.807) is 19.4 Å². The maximum absolute atomic E-state index is 9.60. The second kappa shape index (κ2) is 5.40. The largest absolute Gasteiger partial charge is 0.508 e. The number of phenolic OH excluding ortho intramolecular Hbond substituents is 1. The van der Waals surface area contributed by atoms with Crippen molar-refractivity contribution in [3.63, 3.8) is 0 Å². The summed E-state index contributed by atoms with van der Waals surface area (Å²) in [6.07, 6.45) is 1.76. The van der Waals surface area contributed by atoms with Gasteiger partial charge in [0.05, 0.1) is 7.11 Å². The van der Waals surface area contributed by atoms with Crippen molar-refractivity contribution in [1.29, 1.82) is 0 Å². The van der Waals surface area contributed by atoms with Crippen molar-refractivity contribution >= 4 is 5.69 Å². The number of pyridine rings is 1. The third-order valence-corrected chi connectivity index (χ3v) is 2.71. The molecule has 0 amide bonds. The predicted octanol–water partition coefficient (Wildman–Crippen LogP) is 2.72. The minimum absolute atomic E-state index is 0.299. The molecule has 0 aliphatic rings. The molecule has 0 saturated carbocycles. The molecule has 0 saturated heterocycles. The summed E-state index contributed by atoms with van der Waals surface area (Å²) in [7, 11) is 1.59. The molecule has 0 spiro atoms. The summed E-state index contributed by atoms with van der Waals surface area (Å²) in [5.74, 6) is 0.902. The van der Waals surface area contributed by atoms with Crippen LogP contribution in [0.25, 0.3) is 0 Å². The van der Waals surface area contributed by atoms with Crippen molar-refractivity contribution in [2.45, 2.75) is 13.5 Å². The van der Waals surface area contributed by atoms with Crippen LogP contribution in [0, 0.1) is 6.92 Å². The minimum Gasteiger partial charge on any atom is -0.508 e. The number of rotatable bonds is 4. The summed E-state index contributed by atoms with van der Waals surface area (Å²) >= 11 is 0.